The van der Waals surface area contributed by atoms with Crippen molar-refractivity contribution in [3.05, 3.63) is 35.9 Å². The normalized spacial score (nSPS) is 26.6. The summed E-state index contributed by atoms with van der Waals surface area (Å²) in [5.74, 6) is -0.526. The lowest BCUT2D eigenvalue weighted by Gasteiger charge is -2.41. The van der Waals surface area contributed by atoms with E-state index in [0.29, 0.717) is 29.7 Å². The van der Waals surface area contributed by atoms with Gasteiger partial charge in [0, 0.05) is 5.92 Å². The van der Waals surface area contributed by atoms with E-state index in [2.05, 4.69) is 0 Å². The standard InChI is InChI=1S/C14H18O5S2/c1-11-13(20(15)16)9-6-10-14(11,19-21(2,17)18)12-7-4-3-5-8-12/h3-5,7-8,11H,6,9-10H2,1-2H3. The maximum absolute atomic E-state index is 11.7. The molecule has 116 valence electrons. The molecule has 7 heteroatoms. The van der Waals surface area contributed by atoms with E-state index in [0.717, 1.165) is 6.26 Å². The third kappa shape index (κ3) is 3.36. The molecular weight excluding hydrogens is 312 g/mol. The molecule has 1 fully saturated rings. The fraction of sp³-hybridized carbons (Fsp3) is 0.500. The average molecular weight is 330 g/mol. The van der Waals surface area contributed by atoms with Gasteiger partial charge in [0.15, 0.2) is 0 Å². The Morgan fingerprint density at radius 1 is 1.24 bits per heavy atom. The van der Waals surface area contributed by atoms with Gasteiger partial charge in [0.05, 0.1) is 11.1 Å². The van der Waals surface area contributed by atoms with Crippen LogP contribution in [0.5, 0.6) is 0 Å². The van der Waals surface area contributed by atoms with Crippen molar-refractivity contribution < 1.29 is 21.0 Å². The van der Waals surface area contributed by atoms with Gasteiger partial charge < -0.3 is 0 Å². The van der Waals surface area contributed by atoms with E-state index >= 15 is 0 Å². The Kier molecular flexibility index (Phi) is 4.55. The molecular formula is C14H18O5S2. The van der Waals surface area contributed by atoms with Gasteiger partial charge in [-0.05, 0) is 24.8 Å². The second kappa shape index (κ2) is 5.90. The van der Waals surface area contributed by atoms with Gasteiger partial charge in [-0.15, -0.1) is 0 Å². The largest absolute Gasteiger partial charge is 0.265 e. The molecule has 0 heterocycles. The van der Waals surface area contributed by atoms with Crippen LogP contribution in [0.15, 0.2) is 30.3 Å². The lowest BCUT2D eigenvalue weighted by Crippen LogP contribution is -2.45. The van der Waals surface area contributed by atoms with Gasteiger partial charge in [0.2, 0.25) is 10.3 Å². The first-order valence-electron chi connectivity index (χ1n) is 6.67. The zero-order valence-electron chi connectivity index (χ0n) is 11.9. The molecule has 21 heavy (non-hydrogen) atoms. The zero-order chi connectivity index (χ0) is 15.7. The van der Waals surface area contributed by atoms with Crippen molar-refractivity contribution in [2.24, 2.45) is 5.92 Å². The van der Waals surface area contributed by atoms with E-state index in [1.807, 2.05) is 6.07 Å². The molecule has 0 aliphatic heterocycles. The predicted octanol–water partition coefficient (Wildman–Crippen LogP) is 1.73. The van der Waals surface area contributed by atoms with E-state index in [4.69, 9.17) is 4.18 Å². The highest BCUT2D eigenvalue weighted by atomic mass is 32.2. The number of hydrogen-bond donors (Lipinski definition) is 0. The maximum atomic E-state index is 11.7. The van der Waals surface area contributed by atoms with Gasteiger partial charge in [0.25, 0.3) is 10.1 Å². The molecule has 0 amide bonds. The summed E-state index contributed by atoms with van der Waals surface area (Å²) in [5, 5.41) is 0. The van der Waals surface area contributed by atoms with Gasteiger partial charge in [-0.2, -0.15) is 16.8 Å². The van der Waals surface area contributed by atoms with E-state index < -0.39 is 31.9 Å². The van der Waals surface area contributed by atoms with Crippen LogP contribution in [0.4, 0.5) is 0 Å². The van der Waals surface area contributed by atoms with Crippen LogP contribution in [-0.2, 0) is 30.2 Å². The average Bonchev–Trinajstić information content (AvgIpc) is 2.40. The Bertz CT molecular complexity index is 742. The molecule has 2 unspecified atom stereocenters. The molecule has 2 atom stereocenters. The van der Waals surface area contributed by atoms with E-state index in [1.165, 1.54) is 0 Å². The fourth-order valence-corrected chi connectivity index (χ4v) is 4.65. The van der Waals surface area contributed by atoms with Crippen molar-refractivity contribution in [2.45, 2.75) is 31.8 Å². The quantitative estimate of drug-likeness (QED) is 0.623. The summed E-state index contributed by atoms with van der Waals surface area (Å²) in [6.07, 6.45) is 2.47. The van der Waals surface area contributed by atoms with E-state index in [1.54, 1.807) is 31.2 Å². The minimum Gasteiger partial charge on any atom is -0.258 e. The van der Waals surface area contributed by atoms with Crippen molar-refractivity contribution in [2.75, 3.05) is 6.26 Å². The molecule has 5 nitrogen and oxygen atoms in total. The highest BCUT2D eigenvalue weighted by Gasteiger charge is 2.47. The van der Waals surface area contributed by atoms with Crippen molar-refractivity contribution in [1.29, 1.82) is 0 Å². The summed E-state index contributed by atoms with van der Waals surface area (Å²) in [7, 11) is -6.07. The first-order chi connectivity index (χ1) is 9.76. The van der Waals surface area contributed by atoms with Crippen LogP contribution in [-0.4, -0.2) is 28.0 Å². The maximum Gasteiger partial charge on any atom is 0.265 e. The third-order valence-electron chi connectivity index (χ3n) is 3.93. The summed E-state index contributed by atoms with van der Waals surface area (Å²) in [6.45, 7) is 1.71. The summed E-state index contributed by atoms with van der Waals surface area (Å²) in [5.41, 5.74) is -0.465. The van der Waals surface area contributed by atoms with Gasteiger partial charge in [-0.25, -0.2) is 0 Å². The smallest absolute Gasteiger partial charge is 0.258 e. The SMILES string of the molecule is CC1C(=S(=O)=O)CCCC1(OS(C)(=O)=O)c1ccccc1. The number of rotatable bonds is 3. The molecule has 0 spiro atoms. The molecule has 0 bridgehead atoms. The predicted molar refractivity (Wildman–Crippen MR) is 81.0 cm³/mol. The van der Waals surface area contributed by atoms with E-state index in [9.17, 15) is 16.8 Å². The summed E-state index contributed by atoms with van der Waals surface area (Å²) in [4.78, 5) is 0.314. The van der Waals surface area contributed by atoms with Crippen LogP contribution in [0, 0.1) is 5.92 Å². The Morgan fingerprint density at radius 2 is 1.86 bits per heavy atom. The van der Waals surface area contributed by atoms with Crippen LogP contribution in [0.1, 0.15) is 31.7 Å². The summed E-state index contributed by atoms with van der Waals surface area (Å²) >= 11 is 0. The first kappa shape index (κ1) is 16.2. The lowest BCUT2D eigenvalue weighted by molar-refractivity contribution is 0.0263. The molecule has 0 saturated heterocycles. The van der Waals surface area contributed by atoms with Gasteiger partial charge >= 0.3 is 0 Å². The highest BCUT2D eigenvalue weighted by molar-refractivity contribution is 7.86. The van der Waals surface area contributed by atoms with Crippen molar-refractivity contribution >= 4 is 25.3 Å². The number of hydrogen-bond acceptors (Lipinski definition) is 5. The van der Waals surface area contributed by atoms with Crippen LogP contribution in [0.25, 0.3) is 0 Å². The Labute approximate surface area is 126 Å². The van der Waals surface area contributed by atoms with Crippen molar-refractivity contribution in [1.82, 2.24) is 0 Å². The third-order valence-corrected chi connectivity index (χ3v) is 5.52. The molecule has 1 aromatic carbocycles. The molecule has 1 aliphatic carbocycles. The zero-order valence-corrected chi connectivity index (χ0v) is 13.6. The Hall–Kier alpha value is -1.18. The highest BCUT2D eigenvalue weighted by Crippen LogP contribution is 2.44. The molecule has 0 N–H and O–H groups in total. The van der Waals surface area contributed by atoms with Crippen LogP contribution >= 0.6 is 0 Å². The topological polar surface area (TPSA) is 77.5 Å². The molecule has 2 rings (SSSR count). The van der Waals surface area contributed by atoms with Gasteiger partial charge in [-0.1, -0.05) is 37.3 Å². The van der Waals surface area contributed by atoms with Crippen LogP contribution in [0.3, 0.4) is 0 Å². The van der Waals surface area contributed by atoms with Crippen LogP contribution in [0.2, 0.25) is 0 Å². The minimum atomic E-state index is -3.73. The fourth-order valence-electron chi connectivity index (χ4n) is 2.99. The van der Waals surface area contributed by atoms with E-state index in [-0.39, 0.29) is 0 Å². The molecule has 1 saturated carbocycles. The monoisotopic (exact) mass is 330 g/mol. The molecule has 0 aromatic heterocycles. The number of benzene rings is 1. The molecule has 1 aliphatic rings. The van der Waals surface area contributed by atoms with Crippen molar-refractivity contribution in [3.63, 3.8) is 0 Å². The molecule has 1 aromatic rings. The molecule has 0 radical (unpaired) electrons. The first-order valence-corrected chi connectivity index (χ1v) is 9.56. The second-order valence-electron chi connectivity index (χ2n) is 5.32. The summed E-state index contributed by atoms with van der Waals surface area (Å²) < 4.78 is 51.7. The van der Waals surface area contributed by atoms with Crippen molar-refractivity contribution in [3.8, 4) is 0 Å². The van der Waals surface area contributed by atoms with Gasteiger partial charge in [0.1, 0.15) is 5.60 Å². The van der Waals surface area contributed by atoms with Gasteiger partial charge in [-0.3, -0.25) is 4.18 Å². The Balaban J connectivity index is 2.64. The van der Waals surface area contributed by atoms with Crippen LogP contribution < -0.4 is 0 Å². The minimum absolute atomic E-state index is 0.314. The second-order valence-corrected chi connectivity index (χ2v) is 7.89. The lowest BCUT2D eigenvalue weighted by atomic mass is 9.72. The Morgan fingerprint density at radius 3 is 2.38 bits per heavy atom. The summed E-state index contributed by atoms with van der Waals surface area (Å²) in [6, 6.07) is 8.95.